The molecule has 1 N–H and O–H groups in total. The second-order valence-corrected chi connectivity index (χ2v) is 7.77. The maximum Gasteiger partial charge on any atom is 0.295 e. The van der Waals surface area contributed by atoms with Crippen LogP contribution in [0.3, 0.4) is 0 Å². The number of quaternary nitrogens is 1. The zero-order valence-corrected chi connectivity index (χ0v) is 19.0. The molecule has 1 amide bonds. The minimum Gasteiger partial charge on any atom is -0.872 e. The second-order valence-electron chi connectivity index (χ2n) is 7.77. The number of amides is 1. The molecule has 1 atom stereocenters. The van der Waals surface area contributed by atoms with Crippen molar-refractivity contribution in [1.82, 2.24) is 9.88 Å². The van der Waals surface area contributed by atoms with Gasteiger partial charge in [-0.15, -0.1) is 0 Å². The molecule has 2 heterocycles. The topological polar surface area (TPSA) is 87.0 Å². The van der Waals surface area contributed by atoms with Crippen molar-refractivity contribution in [2.75, 3.05) is 32.8 Å². The molecule has 1 saturated heterocycles. The Morgan fingerprint density at radius 3 is 2.31 bits per heavy atom. The Labute approximate surface area is 189 Å². The number of carbonyl (C=O) groups is 2. The van der Waals surface area contributed by atoms with Gasteiger partial charge in [0, 0.05) is 30.9 Å². The van der Waals surface area contributed by atoms with Crippen molar-refractivity contribution in [1.29, 1.82) is 0 Å². The molecule has 3 rings (SSSR count). The van der Waals surface area contributed by atoms with Crippen LogP contribution in [0.5, 0.6) is 5.75 Å². The van der Waals surface area contributed by atoms with Gasteiger partial charge in [0.1, 0.15) is 5.75 Å². The van der Waals surface area contributed by atoms with Crippen molar-refractivity contribution in [2.45, 2.75) is 33.2 Å². The lowest BCUT2D eigenvalue weighted by Crippen LogP contribution is -3.11. The fraction of sp³-hybridized carbons (Fsp3) is 0.400. The Morgan fingerprint density at radius 1 is 1.06 bits per heavy atom. The van der Waals surface area contributed by atoms with Crippen LogP contribution in [0, 0.1) is 0 Å². The third-order valence-corrected chi connectivity index (χ3v) is 5.91. The third-order valence-electron chi connectivity index (χ3n) is 5.91. The Hall–Kier alpha value is -3.19. The van der Waals surface area contributed by atoms with Crippen LogP contribution in [-0.4, -0.2) is 54.4 Å². The van der Waals surface area contributed by atoms with Crippen molar-refractivity contribution in [2.24, 2.45) is 0 Å². The highest BCUT2D eigenvalue weighted by atomic mass is 16.5. The van der Waals surface area contributed by atoms with E-state index in [2.05, 4.69) is 18.8 Å². The largest absolute Gasteiger partial charge is 0.872 e. The van der Waals surface area contributed by atoms with Crippen LogP contribution in [0.2, 0.25) is 0 Å². The van der Waals surface area contributed by atoms with Gasteiger partial charge in [-0.2, -0.15) is 0 Å². The molecule has 0 bridgehead atoms. The van der Waals surface area contributed by atoms with Crippen LogP contribution in [0.4, 0.5) is 0 Å². The summed E-state index contributed by atoms with van der Waals surface area (Å²) in [6.45, 7) is 10.0. The molecule has 0 radical (unpaired) electrons. The fourth-order valence-corrected chi connectivity index (χ4v) is 4.12. The fourth-order valence-electron chi connectivity index (χ4n) is 4.12. The summed E-state index contributed by atoms with van der Waals surface area (Å²) in [5.41, 5.74) is 1.07. The number of ketones is 1. The monoisotopic (exact) mass is 437 g/mol. The highest BCUT2D eigenvalue weighted by molar-refractivity contribution is 6.46. The number of nitrogens with zero attached hydrogens (tertiary/aromatic N) is 2. The molecule has 7 nitrogen and oxygen atoms in total. The molecule has 0 spiro atoms. The molecule has 1 fully saturated rings. The number of likely N-dealkylation sites (tertiary alicyclic amines) is 1. The lowest BCUT2D eigenvalue weighted by molar-refractivity contribution is -0.896. The number of aromatic nitrogens is 1. The minimum atomic E-state index is -0.721. The molecule has 1 aliphatic heterocycles. The molecule has 0 saturated carbocycles. The van der Waals surface area contributed by atoms with E-state index in [4.69, 9.17) is 4.74 Å². The van der Waals surface area contributed by atoms with Crippen LogP contribution >= 0.6 is 0 Å². The van der Waals surface area contributed by atoms with E-state index in [0.717, 1.165) is 31.6 Å². The molecular formula is C25H31N3O4. The zero-order valence-electron chi connectivity index (χ0n) is 19.0. The Morgan fingerprint density at radius 2 is 1.72 bits per heavy atom. The average Bonchev–Trinajstić information content (AvgIpc) is 3.07. The first-order valence-corrected chi connectivity index (χ1v) is 11.2. The number of Topliss-reactive ketones (excluding diaryl/α,β-unsaturated/α-hetero) is 1. The highest BCUT2D eigenvalue weighted by Gasteiger charge is 2.43. The summed E-state index contributed by atoms with van der Waals surface area (Å²) in [6, 6.07) is 9.67. The molecule has 170 valence electrons. The van der Waals surface area contributed by atoms with Gasteiger partial charge in [-0.3, -0.25) is 14.6 Å². The summed E-state index contributed by atoms with van der Waals surface area (Å²) < 4.78 is 5.52. The third kappa shape index (κ3) is 4.99. The first-order valence-electron chi connectivity index (χ1n) is 11.2. The number of nitrogens with one attached hydrogen (secondary N) is 1. The van der Waals surface area contributed by atoms with E-state index in [0.29, 0.717) is 24.5 Å². The summed E-state index contributed by atoms with van der Waals surface area (Å²) in [5, 5.41) is 13.3. The van der Waals surface area contributed by atoms with Gasteiger partial charge in [0.05, 0.1) is 32.3 Å². The molecule has 1 unspecified atom stereocenters. The standard InChI is InChI=1S/C25H31N3O4/c1-4-27(5-2)16-7-17-28-22(18-8-10-20(11-9-18)32-6-3)21(24(30)25(28)31)23(29)19-12-14-26-15-13-19/h8-15,22,29H,4-7,16-17H2,1-3H3. The highest BCUT2D eigenvalue weighted by Crippen LogP contribution is 2.39. The predicted octanol–water partition coefficient (Wildman–Crippen LogP) is 1.02. The van der Waals surface area contributed by atoms with Crippen LogP contribution < -0.4 is 14.7 Å². The van der Waals surface area contributed by atoms with Crippen molar-refractivity contribution in [3.8, 4) is 5.75 Å². The number of ether oxygens (including phenoxy) is 1. The van der Waals surface area contributed by atoms with Gasteiger partial charge >= 0.3 is 0 Å². The van der Waals surface area contributed by atoms with Gasteiger partial charge in [0.2, 0.25) is 5.78 Å². The lowest BCUT2D eigenvalue weighted by atomic mass is 9.95. The zero-order chi connectivity index (χ0) is 23.1. The maximum absolute atomic E-state index is 13.3. The van der Waals surface area contributed by atoms with Gasteiger partial charge in [-0.1, -0.05) is 17.9 Å². The summed E-state index contributed by atoms with van der Waals surface area (Å²) in [4.78, 5) is 32.9. The Bertz CT molecular complexity index is 953. The van der Waals surface area contributed by atoms with Crippen LogP contribution in [0.25, 0.3) is 5.76 Å². The quantitative estimate of drug-likeness (QED) is 0.341. The first-order chi connectivity index (χ1) is 15.5. The van der Waals surface area contributed by atoms with E-state index < -0.39 is 23.5 Å². The summed E-state index contributed by atoms with van der Waals surface area (Å²) >= 11 is 0. The number of carbonyl (C=O) groups excluding carboxylic acids is 2. The molecule has 2 aromatic rings. The van der Waals surface area contributed by atoms with E-state index in [9.17, 15) is 14.7 Å². The molecule has 32 heavy (non-hydrogen) atoms. The van der Waals surface area contributed by atoms with Crippen LogP contribution in [0.15, 0.2) is 54.4 Å². The number of rotatable bonds is 10. The molecule has 1 aromatic heterocycles. The van der Waals surface area contributed by atoms with Crippen molar-refractivity contribution in [3.63, 3.8) is 0 Å². The first kappa shape index (κ1) is 23.5. The Balaban J connectivity index is 1.99. The van der Waals surface area contributed by atoms with E-state index in [1.807, 2.05) is 19.1 Å². The summed E-state index contributed by atoms with van der Waals surface area (Å²) in [5.74, 6) is -1.07. The maximum atomic E-state index is 13.3. The number of pyridine rings is 1. The molecule has 1 aliphatic rings. The molecular weight excluding hydrogens is 406 g/mol. The van der Waals surface area contributed by atoms with Crippen molar-refractivity contribution < 1.29 is 24.3 Å². The van der Waals surface area contributed by atoms with E-state index >= 15 is 0 Å². The second kappa shape index (κ2) is 10.9. The van der Waals surface area contributed by atoms with Gasteiger partial charge in [0.15, 0.2) is 0 Å². The number of hydrogen-bond donors (Lipinski definition) is 1. The van der Waals surface area contributed by atoms with Crippen LogP contribution in [-0.2, 0) is 9.59 Å². The number of hydrogen-bond acceptors (Lipinski definition) is 5. The molecule has 0 aliphatic carbocycles. The number of benzene rings is 1. The van der Waals surface area contributed by atoms with Gasteiger partial charge in [0.25, 0.3) is 5.91 Å². The van der Waals surface area contributed by atoms with E-state index in [-0.39, 0.29) is 5.57 Å². The minimum absolute atomic E-state index is 0.000506. The predicted molar refractivity (Wildman–Crippen MR) is 120 cm³/mol. The van der Waals surface area contributed by atoms with Gasteiger partial charge in [-0.25, -0.2) is 0 Å². The molecule has 7 heteroatoms. The lowest BCUT2D eigenvalue weighted by Gasteiger charge is -2.28. The summed E-state index contributed by atoms with van der Waals surface area (Å²) in [7, 11) is 0. The van der Waals surface area contributed by atoms with Gasteiger partial charge in [-0.05, 0) is 56.2 Å². The van der Waals surface area contributed by atoms with E-state index in [1.165, 1.54) is 17.3 Å². The van der Waals surface area contributed by atoms with Gasteiger partial charge < -0.3 is 19.6 Å². The normalized spacial score (nSPS) is 17.9. The van der Waals surface area contributed by atoms with Crippen molar-refractivity contribution >= 4 is 17.4 Å². The molecule has 1 aromatic carbocycles. The Kier molecular flexibility index (Phi) is 8.00. The smallest absolute Gasteiger partial charge is 0.295 e. The summed E-state index contributed by atoms with van der Waals surface area (Å²) in [6.07, 6.45) is 3.76. The SMILES string of the molecule is CCOc1ccc(C2C(=C([O-])c3ccncc3)C(=O)C(=O)N2CCC[NH+](CC)CC)cc1. The average molecular weight is 438 g/mol. The van der Waals surface area contributed by atoms with Crippen molar-refractivity contribution in [3.05, 3.63) is 65.5 Å². The van der Waals surface area contributed by atoms with Crippen LogP contribution in [0.1, 0.15) is 44.4 Å². The van der Waals surface area contributed by atoms with E-state index in [1.54, 1.807) is 29.2 Å².